The third-order valence-electron chi connectivity index (χ3n) is 9.33. The molecule has 0 aromatic rings. The predicted octanol–water partition coefficient (Wildman–Crippen LogP) is -7.65. The maximum atomic E-state index is 10.2. The lowest BCUT2D eigenvalue weighted by atomic mass is 9.89. The lowest BCUT2D eigenvalue weighted by Crippen LogP contribution is -2.48. The van der Waals surface area contributed by atoms with Gasteiger partial charge in [0.1, 0.15) is 42.7 Å². The molecule has 0 bridgehead atoms. The first-order valence-electron chi connectivity index (χ1n) is 21.5. The lowest BCUT2D eigenvalue weighted by Gasteiger charge is -2.38. The van der Waals surface area contributed by atoms with Crippen LogP contribution in [0.1, 0.15) is 13.3 Å². The fraction of sp³-hybridized carbons (Fsp3) is 1.00. The number of aliphatic hydroxyl groups excluding tert-OH is 15. The highest BCUT2D eigenvalue weighted by molar-refractivity contribution is 4.86. The van der Waals surface area contributed by atoms with E-state index in [9.17, 15) is 76.6 Å². The molecule has 25 nitrogen and oxygen atoms in total. The highest BCUT2D eigenvalue weighted by Crippen LogP contribution is 2.28. The molecular formula is C40H82O25. The van der Waals surface area contributed by atoms with Crippen LogP contribution in [0.5, 0.6) is 0 Å². The van der Waals surface area contributed by atoms with Crippen molar-refractivity contribution < 1.29 is 124 Å². The summed E-state index contributed by atoms with van der Waals surface area (Å²) < 4.78 is 58.8. The van der Waals surface area contributed by atoms with Crippen LogP contribution in [0.4, 0.5) is 0 Å². The van der Waals surface area contributed by atoms with Crippen LogP contribution in [-0.4, -0.2) is 304 Å². The minimum absolute atomic E-state index is 0.105. The van der Waals surface area contributed by atoms with Crippen LogP contribution in [-0.2, 0) is 47.4 Å². The van der Waals surface area contributed by atoms with Crippen molar-refractivity contribution in [3.8, 4) is 0 Å². The maximum absolute atomic E-state index is 10.2. The first-order chi connectivity index (χ1) is 31.1. The first kappa shape index (κ1) is 64.0. The van der Waals surface area contributed by atoms with Crippen molar-refractivity contribution in [1.29, 1.82) is 0 Å². The van der Waals surface area contributed by atoms with Crippen molar-refractivity contribution in [3.63, 3.8) is 0 Å². The number of hydrogen-bond acceptors (Lipinski definition) is 25. The monoisotopic (exact) mass is 963 g/mol. The van der Waals surface area contributed by atoms with Gasteiger partial charge in [0.15, 0.2) is 0 Å². The van der Waals surface area contributed by atoms with E-state index >= 15 is 0 Å². The van der Waals surface area contributed by atoms with Crippen LogP contribution in [0.3, 0.4) is 0 Å². The molecule has 8 atom stereocenters. The van der Waals surface area contributed by atoms with Gasteiger partial charge in [-0.2, -0.15) is 0 Å². The summed E-state index contributed by atoms with van der Waals surface area (Å²) in [6.45, 7) is -8.45. The van der Waals surface area contributed by atoms with Gasteiger partial charge in [-0.1, -0.05) is 6.92 Å². The van der Waals surface area contributed by atoms with Crippen LogP contribution < -0.4 is 0 Å². The Hall–Kier alpha value is -1.00. The summed E-state index contributed by atoms with van der Waals surface area (Å²) in [4.78, 5) is 0. The van der Waals surface area contributed by atoms with Gasteiger partial charge in [-0.25, -0.2) is 0 Å². The van der Waals surface area contributed by atoms with Gasteiger partial charge in [-0.05, 0) is 6.42 Å². The highest BCUT2D eigenvalue weighted by atomic mass is 16.6. The maximum Gasteiger partial charge on any atom is 0.100 e. The van der Waals surface area contributed by atoms with Gasteiger partial charge >= 0.3 is 0 Å². The molecule has 0 aliphatic heterocycles. The third kappa shape index (κ3) is 31.0. The van der Waals surface area contributed by atoms with Gasteiger partial charge in [0.05, 0.1) is 201 Å². The molecule has 0 heterocycles. The molecule has 0 amide bonds. The zero-order chi connectivity index (χ0) is 49.0. The molecule has 15 N–H and O–H groups in total. The SMILES string of the molecule is CCC(O)COCC(COCC(O)CO)(COCC(O)CO)COCC(COCC(O)CO)(COCC(O)CO)COCC(COCC(O)CO)(COCC(O)CO)COCC(O)CO. The van der Waals surface area contributed by atoms with Crippen LogP contribution in [0.15, 0.2) is 0 Å². The van der Waals surface area contributed by atoms with Crippen molar-refractivity contribution in [2.24, 2.45) is 16.2 Å². The van der Waals surface area contributed by atoms with Crippen LogP contribution >= 0.6 is 0 Å². The van der Waals surface area contributed by atoms with E-state index in [0.717, 1.165) is 0 Å². The molecule has 0 aliphatic rings. The Bertz CT molecular complexity index is 906. The highest BCUT2D eigenvalue weighted by Gasteiger charge is 2.40. The standard InChI is InChI=1S/C40H82O25/c1-2-30(48)10-56-18-38(19-57-11-31(49)3-41,20-58-12-32(50)4-42)26-64-28-40(24-62-16-36(54)8-46,25-63-17-37(55)9-47)29-65-27-39(21-59-13-33(51)5-43,22-60-14-34(52)6-44)23-61-15-35(53)7-45/h30-37,41-55H,2-29H2,1H3. The second-order valence-corrected chi connectivity index (χ2v) is 16.5. The smallest absolute Gasteiger partial charge is 0.100 e. The Balaban J connectivity index is 7.09. The quantitative estimate of drug-likeness (QED) is 0.0269. The molecule has 0 spiro atoms. The van der Waals surface area contributed by atoms with Crippen molar-refractivity contribution in [1.82, 2.24) is 0 Å². The number of ether oxygens (including phenoxy) is 10. The molecule has 0 saturated carbocycles. The Morgan fingerprint density at radius 1 is 0.246 bits per heavy atom. The summed E-state index contributed by atoms with van der Waals surface area (Å²) >= 11 is 0. The average Bonchev–Trinajstić information content (AvgIpc) is 3.30. The Kier molecular flexibility index (Phi) is 38.2. The molecule has 0 aliphatic carbocycles. The first-order valence-corrected chi connectivity index (χ1v) is 21.5. The van der Waals surface area contributed by atoms with Gasteiger partial charge in [0, 0.05) is 0 Å². The Morgan fingerprint density at radius 2 is 0.385 bits per heavy atom. The summed E-state index contributed by atoms with van der Waals surface area (Å²) in [5, 5.41) is 146. The third-order valence-corrected chi connectivity index (χ3v) is 9.33. The predicted molar refractivity (Wildman–Crippen MR) is 223 cm³/mol. The molecule has 0 radical (unpaired) electrons. The normalized spacial score (nSPS) is 18.8. The fourth-order valence-electron chi connectivity index (χ4n) is 5.50. The number of rotatable bonds is 48. The van der Waals surface area contributed by atoms with E-state index in [1.807, 2.05) is 0 Å². The van der Waals surface area contributed by atoms with E-state index in [0.29, 0.717) is 6.42 Å². The van der Waals surface area contributed by atoms with E-state index in [4.69, 9.17) is 47.4 Å². The minimum atomic E-state index is -1.39. The number of aliphatic hydroxyl groups is 15. The van der Waals surface area contributed by atoms with E-state index in [1.165, 1.54) is 0 Å². The molecule has 0 aromatic carbocycles. The lowest BCUT2D eigenvalue weighted by molar-refractivity contribution is -0.169. The summed E-state index contributed by atoms with van der Waals surface area (Å²) in [6, 6.07) is 0. The second-order valence-electron chi connectivity index (χ2n) is 16.5. The summed E-state index contributed by atoms with van der Waals surface area (Å²) in [5.41, 5.74) is -3.97. The molecule has 65 heavy (non-hydrogen) atoms. The average molecular weight is 963 g/mol. The van der Waals surface area contributed by atoms with Gasteiger partial charge in [-0.15, -0.1) is 0 Å². The second kappa shape index (κ2) is 38.8. The molecule has 0 rings (SSSR count). The summed E-state index contributed by atoms with van der Waals surface area (Å²) in [7, 11) is 0. The largest absolute Gasteiger partial charge is 0.394 e. The van der Waals surface area contributed by atoms with Crippen LogP contribution in [0, 0.1) is 16.2 Å². The van der Waals surface area contributed by atoms with Gasteiger partial charge in [-0.3, -0.25) is 0 Å². The topological polar surface area (TPSA) is 396 Å². The molecular weight excluding hydrogens is 880 g/mol. The van der Waals surface area contributed by atoms with Crippen molar-refractivity contribution >= 4 is 0 Å². The van der Waals surface area contributed by atoms with Crippen molar-refractivity contribution in [3.05, 3.63) is 0 Å². The Morgan fingerprint density at radius 3 is 0.523 bits per heavy atom. The minimum Gasteiger partial charge on any atom is -0.394 e. The van der Waals surface area contributed by atoms with Gasteiger partial charge < -0.3 is 124 Å². The van der Waals surface area contributed by atoms with Gasteiger partial charge in [0.25, 0.3) is 0 Å². The Labute approximate surface area is 380 Å². The molecule has 25 heteroatoms. The summed E-state index contributed by atoms with van der Waals surface area (Å²) in [6.07, 6.45) is -9.37. The van der Waals surface area contributed by atoms with Crippen LogP contribution in [0.25, 0.3) is 0 Å². The van der Waals surface area contributed by atoms with E-state index in [-0.39, 0.29) is 132 Å². The zero-order valence-electron chi connectivity index (χ0n) is 37.7. The molecule has 0 aromatic heterocycles. The van der Waals surface area contributed by atoms with Gasteiger partial charge in [0.2, 0.25) is 0 Å². The fourth-order valence-corrected chi connectivity index (χ4v) is 5.50. The molecule has 8 unspecified atom stereocenters. The number of hydrogen-bond donors (Lipinski definition) is 15. The van der Waals surface area contributed by atoms with Crippen LogP contribution in [0.2, 0.25) is 0 Å². The zero-order valence-corrected chi connectivity index (χ0v) is 37.7. The van der Waals surface area contributed by atoms with E-state index in [2.05, 4.69) is 0 Å². The molecule has 392 valence electrons. The summed E-state index contributed by atoms with van der Waals surface area (Å²) in [5.74, 6) is 0. The van der Waals surface area contributed by atoms with Crippen molar-refractivity contribution in [2.45, 2.75) is 62.2 Å². The molecule has 0 saturated heterocycles. The van der Waals surface area contributed by atoms with Crippen molar-refractivity contribution in [2.75, 3.05) is 178 Å². The van der Waals surface area contributed by atoms with E-state index in [1.54, 1.807) is 6.92 Å². The van der Waals surface area contributed by atoms with E-state index < -0.39 is 111 Å². The molecule has 0 fully saturated rings.